The van der Waals surface area contributed by atoms with Crippen molar-refractivity contribution in [3.8, 4) is 11.4 Å². The molecule has 2 aliphatic heterocycles. The van der Waals surface area contributed by atoms with E-state index >= 15 is 0 Å². The Morgan fingerprint density at radius 2 is 1.77 bits per heavy atom. The second-order valence-corrected chi connectivity index (χ2v) is 12.0. The summed E-state index contributed by atoms with van der Waals surface area (Å²) in [5, 5.41) is 0.771. The standard InChI is InChI=1S/C27H34ClN7O4/c1-14(2)20-22(21(15(3)4)30-13-29-20)35-24-19-17(10-18(28)31-24)38-12-16-11-33(26(37)39-27(5,6)7)8-9-34(16)23(19)32-25(35)36/h10,13-16H,8-9,11-12H2,1-7H3/t16-/m1/s1. The number of amides is 1. The predicted octanol–water partition coefficient (Wildman–Crippen LogP) is 4.29. The molecule has 3 aromatic rings. The number of pyridine rings is 1. The molecule has 1 atom stereocenters. The molecule has 0 N–H and O–H groups in total. The van der Waals surface area contributed by atoms with Crippen molar-refractivity contribution in [2.45, 2.75) is 71.9 Å². The van der Waals surface area contributed by atoms with E-state index in [0.29, 0.717) is 47.9 Å². The zero-order valence-electron chi connectivity index (χ0n) is 23.4. The number of fused-ring (bicyclic) bond motifs is 2. The lowest BCUT2D eigenvalue weighted by Gasteiger charge is -2.41. The zero-order chi connectivity index (χ0) is 28.2. The van der Waals surface area contributed by atoms with E-state index in [1.165, 1.54) is 10.9 Å². The maximum Gasteiger partial charge on any atom is 0.410 e. The maximum absolute atomic E-state index is 13.9. The van der Waals surface area contributed by atoms with Crippen LogP contribution < -0.4 is 15.3 Å². The summed E-state index contributed by atoms with van der Waals surface area (Å²) in [6.07, 6.45) is 1.15. The molecule has 0 bridgehead atoms. The number of hydrogen-bond donors (Lipinski definition) is 0. The molecular formula is C27H34ClN7O4. The molecule has 39 heavy (non-hydrogen) atoms. The summed E-state index contributed by atoms with van der Waals surface area (Å²) >= 11 is 6.49. The van der Waals surface area contributed by atoms with Gasteiger partial charge in [-0.15, -0.1) is 0 Å². The lowest BCUT2D eigenvalue weighted by atomic mass is 10.0. The molecule has 1 saturated heterocycles. The molecular weight excluding hydrogens is 522 g/mol. The number of piperazine rings is 1. The number of anilines is 1. The summed E-state index contributed by atoms with van der Waals surface area (Å²) in [6.45, 7) is 15.1. The van der Waals surface area contributed by atoms with Gasteiger partial charge in [-0.3, -0.25) is 0 Å². The van der Waals surface area contributed by atoms with E-state index in [9.17, 15) is 9.59 Å². The van der Waals surface area contributed by atoms with Gasteiger partial charge < -0.3 is 19.3 Å². The number of hydrogen-bond acceptors (Lipinski definition) is 9. The monoisotopic (exact) mass is 555 g/mol. The summed E-state index contributed by atoms with van der Waals surface area (Å²) < 4.78 is 13.3. The van der Waals surface area contributed by atoms with Gasteiger partial charge in [0.25, 0.3) is 0 Å². The van der Waals surface area contributed by atoms with Gasteiger partial charge in [0.15, 0.2) is 5.65 Å². The van der Waals surface area contributed by atoms with Crippen molar-refractivity contribution >= 4 is 34.5 Å². The van der Waals surface area contributed by atoms with Crippen LogP contribution in [0.25, 0.3) is 16.7 Å². The molecule has 3 aromatic heterocycles. The smallest absolute Gasteiger partial charge is 0.410 e. The van der Waals surface area contributed by atoms with Crippen LogP contribution in [0.2, 0.25) is 5.15 Å². The van der Waals surface area contributed by atoms with Crippen LogP contribution in [0.3, 0.4) is 0 Å². The molecule has 12 heteroatoms. The number of halogens is 1. The largest absolute Gasteiger partial charge is 0.490 e. The molecule has 5 rings (SSSR count). The number of ether oxygens (including phenoxy) is 2. The SMILES string of the molecule is CC(C)c1ncnc(C(C)C)c1-n1c(=O)nc2c3c(cc(Cl)nc31)OC[C@H]1CN(C(=O)OC(C)(C)C)CCN21. The topological polar surface area (TPSA) is 116 Å². The lowest BCUT2D eigenvalue weighted by Crippen LogP contribution is -2.57. The first-order valence-corrected chi connectivity index (χ1v) is 13.6. The maximum atomic E-state index is 13.9. The van der Waals surface area contributed by atoms with E-state index in [2.05, 4.69) is 19.9 Å². The van der Waals surface area contributed by atoms with Gasteiger partial charge in [0.1, 0.15) is 40.6 Å². The average molecular weight is 556 g/mol. The van der Waals surface area contributed by atoms with Crippen LogP contribution in [0.1, 0.15) is 71.7 Å². The second kappa shape index (κ2) is 9.93. The quantitative estimate of drug-likeness (QED) is 0.436. The van der Waals surface area contributed by atoms with Crippen molar-refractivity contribution in [2.24, 2.45) is 0 Å². The highest BCUT2D eigenvalue weighted by atomic mass is 35.5. The number of nitrogens with zero attached hydrogens (tertiary/aromatic N) is 7. The van der Waals surface area contributed by atoms with E-state index < -0.39 is 11.3 Å². The summed E-state index contributed by atoms with van der Waals surface area (Å²) in [6, 6.07) is 1.39. The molecule has 0 aromatic carbocycles. The van der Waals surface area contributed by atoms with Gasteiger partial charge in [-0.2, -0.15) is 4.98 Å². The third-order valence-electron chi connectivity index (χ3n) is 6.80. The van der Waals surface area contributed by atoms with Crippen molar-refractivity contribution in [2.75, 3.05) is 31.1 Å². The Kier molecular flexibility index (Phi) is 6.90. The summed E-state index contributed by atoms with van der Waals surface area (Å²) in [7, 11) is 0. The molecule has 1 fully saturated rings. The normalized spacial score (nSPS) is 17.3. The minimum absolute atomic E-state index is 0.0121. The van der Waals surface area contributed by atoms with E-state index in [4.69, 9.17) is 21.1 Å². The Hall–Kier alpha value is -3.47. The first kappa shape index (κ1) is 27.1. The Morgan fingerprint density at radius 1 is 1.10 bits per heavy atom. The molecule has 1 amide bonds. The lowest BCUT2D eigenvalue weighted by molar-refractivity contribution is 0.0202. The molecule has 0 saturated carbocycles. The van der Waals surface area contributed by atoms with Gasteiger partial charge in [0.05, 0.1) is 23.1 Å². The fourth-order valence-electron chi connectivity index (χ4n) is 5.10. The van der Waals surface area contributed by atoms with Crippen molar-refractivity contribution < 1.29 is 14.3 Å². The Morgan fingerprint density at radius 3 is 2.38 bits per heavy atom. The van der Waals surface area contributed by atoms with E-state index in [0.717, 1.165) is 11.4 Å². The van der Waals surface area contributed by atoms with Crippen LogP contribution in [0.4, 0.5) is 10.6 Å². The minimum Gasteiger partial charge on any atom is -0.490 e. The van der Waals surface area contributed by atoms with Gasteiger partial charge in [-0.25, -0.2) is 29.1 Å². The van der Waals surface area contributed by atoms with Crippen molar-refractivity contribution in [3.05, 3.63) is 39.4 Å². The molecule has 0 aliphatic carbocycles. The van der Waals surface area contributed by atoms with Crippen LogP contribution in [-0.4, -0.2) is 73.4 Å². The van der Waals surface area contributed by atoms with E-state index in [1.54, 1.807) is 11.0 Å². The molecule has 5 heterocycles. The van der Waals surface area contributed by atoms with Crippen LogP contribution in [0.15, 0.2) is 17.2 Å². The third-order valence-corrected chi connectivity index (χ3v) is 6.99. The fraction of sp³-hybridized carbons (Fsp3) is 0.556. The molecule has 0 spiro atoms. The fourth-order valence-corrected chi connectivity index (χ4v) is 5.28. The molecule has 0 radical (unpaired) electrons. The first-order valence-electron chi connectivity index (χ1n) is 13.2. The third kappa shape index (κ3) is 4.99. The van der Waals surface area contributed by atoms with Crippen LogP contribution in [0, 0.1) is 0 Å². The number of carbonyl (C=O) groups is 1. The average Bonchev–Trinajstić information content (AvgIpc) is 2.99. The van der Waals surface area contributed by atoms with E-state index in [1.807, 2.05) is 53.4 Å². The van der Waals surface area contributed by atoms with E-state index in [-0.39, 0.29) is 35.7 Å². The van der Waals surface area contributed by atoms with Crippen LogP contribution >= 0.6 is 11.6 Å². The van der Waals surface area contributed by atoms with Crippen LogP contribution in [0.5, 0.6) is 5.75 Å². The molecule has 11 nitrogen and oxygen atoms in total. The zero-order valence-corrected chi connectivity index (χ0v) is 24.1. The summed E-state index contributed by atoms with van der Waals surface area (Å²) in [4.78, 5) is 48.6. The van der Waals surface area contributed by atoms with Crippen molar-refractivity contribution in [3.63, 3.8) is 0 Å². The summed E-state index contributed by atoms with van der Waals surface area (Å²) in [5.74, 6) is 0.968. The van der Waals surface area contributed by atoms with Gasteiger partial charge in [-0.05, 0) is 32.6 Å². The van der Waals surface area contributed by atoms with Crippen LogP contribution in [-0.2, 0) is 4.74 Å². The first-order chi connectivity index (χ1) is 18.4. The molecule has 208 valence electrons. The van der Waals surface area contributed by atoms with Gasteiger partial charge in [0.2, 0.25) is 0 Å². The highest BCUT2D eigenvalue weighted by molar-refractivity contribution is 6.30. The minimum atomic E-state index is -0.601. The molecule has 0 unspecified atom stereocenters. The Bertz CT molecular complexity index is 1470. The Balaban J connectivity index is 1.68. The molecule has 2 aliphatic rings. The van der Waals surface area contributed by atoms with Crippen molar-refractivity contribution in [1.82, 2.24) is 29.4 Å². The van der Waals surface area contributed by atoms with Gasteiger partial charge in [-0.1, -0.05) is 39.3 Å². The summed E-state index contributed by atoms with van der Waals surface area (Å²) in [5.41, 5.74) is 1.23. The number of rotatable bonds is 3. The predicted molar refractivity (Wildman–Crippen MR) is 148 cm³/mol. The number of aromatic nitrogens is 5. The highest BCUT2D eigenvalue weighted by Crippen LogP contribution is 2.39. The van der Waals surface area contributed by atoms with Gasteiger partial charge >= 0.3 is 11.8 Å². The Labute approximate surface area is 232 Å². The second-order valence-electron chi connectivity index (χ2n) is 11.6. The highest BCUT2D eigenvalue weighted by Gasteiger charge is 2.37. The van der Waals surface area contributed by atoms with Gasteiger partial charge in [0, 0.05) is 25.7 Å². The number of carbonyl (C=O) groups excluding carboxylic acids is 1. The van der Waals surface area contributed by atoms with Crippen molar-refractivity contribution in [1.29, 1.82) is 0 Å².